The Kier molecular flexibility index (Phi) is 8.29. The average Bonchev–Trinajstić information content (AvgIpc) is 2.50. The molecule has 0 heterocycles. The van der Waals surface area contributed by atoms with Gasteiger partial charge in [-0.3, -0.25) is 4.79 Å². The SMILES string of the molecule is CC(C)[C@H](NC(=O)OC(C)(C)C)C(=O)N[S+]([O-])c1cccc(OC(F)F)c1. The summed E-state index contributed by atoms with van der Waals surface area (Å²) in [7, 11) is 0. The highest BCUT2D eigenvalue weighted by Crippen LogP contribution is 2.19. The van der Waals surface area contributed by atoms with E-state index in [1.807, 2.05) is 0 Å². The van der Waals surface area contributed by atoms with Crippen LogP contribution in [0.25, 0.3) is 0 Å². The van der Waals surface area contributed by atoms with Crippen LogP contribution in [0.3, 0.4) is 0 Å². The van der Waals surface area contributed by atoms with Crippen LogP contribution < -0.4 is 14.8 Å². The van der Waals surface area contributed by atoms with Crippen LogP contribution in [0.15, 0.2) is 29.2 Å². The molecule has 0 saturated heterocycles. The van der Waals surface area contributed by atoms with Crippen molar-refractivity contribution in [3.8, 4) is 5.75 Å². The van der Waals surface area contributed by atoms with Crippen molar-refractivity contribution >= 4 is 23.4 Å². The number of ether oxygens (including phenoxy) is 2. The number of hydrogen-bond acceptors (Lipinski definition) is 5. The third-order valence-electron chi connectivity index (χ3n) is 3.06. The van der Waals surface area contributed by atoms with Crippen molar-refractivity contribution in [1.29, 1.82) is 0 Å². The summed E-state index contributed by atoms with van der Waals surface area (Å²) in [6.07, 6.45) is -0.783. The Bertz CT molecular complexity index is 652. The van der Waals surface area contributed by atoms with E-state index in [2.05, 4.69) is 14.8 Å². The molecule has 0 bridgehead atoms. The third-order valence-corrected chi connectivity index (χ3v) is 4.13. The molecule has 10 heteroatoms. The fourth-order valence-corrected chi connectivity index (χ4v) is 2.80. The topological polar surface area (TPSA) is 99.7 Å². The number of alkyl carbamates (subject to hydrolysis) is 1. The minimum absolute atomic E-state index is 0.0706. The van der Waals surface area contributed by atoms with Crippen LogP contribution >= 0.6 is 0 Å². The van der Waals surface area contributed by atoms with Crippen LogP contribution in [0.5, 0.6) is 5.75 Å². The van der Waals surface area contributed by atoms with Gasteiger partial charge >= 0.3 is 12.7 Å². The monoisotopic (exact) mass is 406 g/mol. The van der Waals surface area contributed by atoms with Crippen molar-refractivity contribution in [3.05, 3.63) is 24.3 Å². The van der Waals surface area contributed by atoms with E-state index in [-0.39, 0.29) is 16.6 Å². The van der Waals surface area contributed by atoms with Crippen molar-refractivity contribution in [1.82, 2.24) is 10.0 Å². The standard InChI is InChI=1S/C17H24F2N2O5S/c1-10(2)13(20-16(23)26-17(3,4)5)14(22)21-27(24)12-8-6-7-11(9-12)25-15(18)19/h6-10,13,15H,1-5H3,(H,20,23)(H,21,22)/t13-,27?/m0/s1. The zero-order valence-electron chi connectivity index (χ0n) is 15.7. The zero-order valence-corrected chi connectivity index (χ0v) is 16.6. The molecule has 27 heavy (non-hydrogen) atoms. The molecule has 1 aromatic rings. The quantitative estimate of drug-likeness (QED) is 0.678. The fraction of sp³-hybridized carbons (Fsp3) is 0.529. The Hall–Kier alpha value is -2.07. The molecule has 1 unspecified atom stereocenters. The number of hydrogen-bond donors (Lipinski definition) is 2. The number of amides is 2. The molecule has 1 aromatic carbocycles. The molecule has 0 fully saturated rings. The van der Waals surface area contributed by atoms with Gasteiger partial charge < -0.3 is 19.3 Å². The summed E-state index contributed by atoms with van der Waals surface area (Å²) >= 11 is -2.03. The van der Waals surface area contributed by atoms with E-state index < -0.39 is 41.6 Å². The molecule has 7 nitrogen and oxygen atoms in total. The van der Waals surface area contributed by atoms with Gasteiger partial charge in [0.15, 0.2) is 4.90 Å². The van der Waals surface area contributed by atoms with E-state index in [1.54, 1.807) is 34.6 Å². The second-order valence-electron chi connectivity index (χ2n) is 6.96. The Labute approximate surface area is 160 Å². The maximum Gasteiger partial charge on any atom is 0.408 e. The predicted octanol–water partition coefficient (Wildman–Crippen LogP) is 2.98. The number of alkyl halides is 2. The molecule has 0 radical (unpaired) electrons. The molecule has 152 valence electrons. The first-order chi connectivity index (χ1) is 12.4. The van der Waals surface area contributed by atoms with E-state index in [4.69, 9.17) is 4.74 Å². The third kappa shape index (κ3) is 8.44. The Balaban J connectivity index is 2.79. The first-order valence-electron chi connectivity index (χ1n) is 8.15. The number of halogens is 2. The average molecular weight is 406 g/mol. The Morgan fingerprint density at radius 3 is 2.37 bits per heavy atom. The van der Waals surface area contributed by atoms with Gasteiger partial charge in [0.1, 0.15) is 28.8 Å². The molecule has 0 aromatic heterocycles. The molecule has 0 saturated carbocycles. The van der Waals surface area contributed by atoms with Gasteiger partial charge in [-0.25, -0.2) is 4.79 Å². The lowest BCUT2D eigenvalue weighted by molar-refractivity contribution is -0.122. The van der Waals surface area contributed by atoms with E-state index in [1.165, 1.54) is 18.2 Å². The Morgan fingerprint density at radius 2 is 1.85 bits per heavy atom. The van der Waals surface area contributed by atoms with Crippen molar-refractivity contribution in [2.24, 2.45) is 5.92 Å². The highest BCUT2D eigenvalue weighted by Gasteiger charge is 2.30. The molecule has 0 spiro atoms. The molecular formula is C17H24F2N2O5S. The maximum absolute atomic E-state index is 12.4. The van der Waals surface area contributed by atoms with E-state index in [0.717, 1.165) is 6.07 Å². The van der Waals surface area contributed by atoms with Crippen LogP contribution in [-0.4, -0.2) is 34.8 Å². The number of benzene rings is 1. The summed E-state index contributed by atoms with van der Waals surface area (Å²) < 4.78 is 48.5. The summed E-state index contributed by atoms with van der Waals surface area (Å²) in [5.74, 6) is -1.20. The predicted molar refractivity (Wildman–Crippen MR) is 95.6 cm³/mol. The molecule has 2 N–H and O–H groups in total. The maximum atomic E-state index is 12.4. The van der Waals surface area contributed by atoms with E-state index in [0.29, 0.717) is 0 Å². The largest absolute Gasteiger partial charge is 0.588 e. The van der Waals surface area contributed by atoms with Gasteiger partial charge in [0.05, 0.1) is 0 Å². The summed E-state index contributed by atoms with van der Waals surface area (Å²) in [6.45, 7) is 5.41. The van der Waals surface area contributed by atoms with Crippen LogP contribution in [-0.2, 0) is 20.9 Å². The van der Waals surface area contributed by atoms with Gasteiger partial charge in [0, 0.05) is 6.07 Å². The van der Waals surface area contributed by atoms with Crippen molar-refractivity contribution < 1.29 is 32.4 Å². The Morgan fingerprint density at radius 1 is 1.22 bits per heavy atom. The zero-order chi connectivity index (χ0) is 20.8. The van der Waals surface area contributed by atoms with Gasteiger partial charge in [0.25, 0.3) is 5.91 Å². The van der Waals surface area contributed by atoms with E-state index in [9.17, 15) is 22.9 Å². The fourth-order valence-electron chi connectivity index (χ4n) is 1.95. The molecule has 2 amide bonds. The van der Waals surface area contributed by atoms with Crippen molar-refractivity contribution in [2.75, 3.05) is 0 Å². The summed E-state index contributed by atoms with van der Waals surface area (Å²) in [5.41, 5.74) is -0.740. The minimum Gasteiger partial charge on any atom is -0.588 e. The van der Waals surface area contributed by atoms with E-state index >= 15 is 0 Å². The van der Waals surface area contributed by atoms with Crippen LogP contribution in [0.4, 0.5) is 13.6 Å². The summed E-state index contributed by atoms with van der Waals surface area (Å²) in [6, 6.07) is 4.17. The first kappa shape index (κ1) is 23.0. The number of nitrogens with one attached hydrogen (secondary N) is 2. The van der Waals surface area contributed by atoms with Crippen LogP contribution in [0.2, 0.25) is 0 Å². The second-order valence-corrected chi connectivity index (χ2v) is 8.17. The molecule has 0 aliphatic carbocycles. The minimum atomic E-state index is -3.02. The highest BCUT2D eigenvalue weighted by molar-refractivity contribution is 7.90. The first-order valence-corrected chi connectivity index (χ1v) is 9.30. The van der Waals surface area contributed by atoms with Crippen LogP contribution in [0, 0.1) is 5.92 Å². The molecule has 0 aliphatic heterocycles. The highest BCUT2D eigenvalue weighted by atomic mass is 32.2. The molecule has 2 atom stereocenters. The smallest absolute Gasteiger partial charge is 0.408 e. The molecular weight excluding hydrogens is 382 g/mol. The van der Waals surface area contributed by atoms with Gasteiger partial charge in [0.2, 0.25) is 0 Å². The van der Waals surface area contributed by atoms with Gasteiger partial charge in [-0.05, 0) is 38.8 Å². The molecule has 1 rings (SSSR count). The van der Waals surface area contributed by atoms with Crippen molar-refractivity contribution in [3.63, 3.8) is 0 Å². The number of carbonyl (C=O) groups excluding carboxylic acids is 2. The van der Waals surface area contributed by atoms with Crippen molar-refractivity contribution in [2.45, 2.75) is 57.8 Å². The summed E-state index contributed by atoms with van der Waals surface area (Å²) in [5, 5.41) is 2.44. The van der Waals surface area contributed by atoms with Crippen LogP contribution in [0.1, 0.15) is 34.6 Å². The van der Waals surface area contributed by atoms with Gasteiger partial charge in [-0.1, -0.05) is 19.9 Å². The van der Waals surface area contributed by atoms with Gasteiger partial charge in [-0.2, -0.15) is 13.5 Å². The second kappa shape index (κ2) is 9.75. The normalized spacial score (nSPS) is 13.9. The number of rotatable bonds is 7. The lowest BCUT2D eigenvalue weighted by Gasteiger charge is -2.25. The number of carbonyl (C=O) groups is 2. The summed E-state index contributed by atoms with van der Waals surface area (Å²) in [4.78, 5) is 24.4. The van der Waals surface area contributed by atoms with Gasteiger partial charge in [-0.15, -0.1) is 0 Å². The lowest BCUT2D eigenvalue weighted by atomic mass is 10.0. The molecule has 0 aliphatic rings. The lowest BCUT2D eigenvalue weighted by Crippen LogP contribution is -2.52.